The molecule has 7 heteroatoms. The van der Waals surface area contributed by atoms with Gasteiger partial charge in [0.2, 0.25) is 0 Å². The number of aliphatic hydroxyl groups excluding tert-OH is 2. The van der Waals surface area contributed by atoms with E-state index in [1.165, 1.54) is 135 Å². The maximum absolute atomic E-state index is 12.1. The summed E-state index contributed by atoms with van der Waals surface area (Å²) in [6.07, 6.45) is 31.4. The Balaban J connectivity index is 3.65. The van der Waals surface area contributed by atoms with Crippen molar-refractivity contribution in [2.45, 2.75) is 212 Å². The van der Waals surface area contributed by atoms with Gasteiger partial charge in [-0.1, -0.05) is 97.3 Å². The minimum absolute atomic E-state index is 0.267. The van der Waals surface area contributed by atoms with Crippen LogP contribution in [-0.4, -0.2) is 38.8 Å². The van der Waals surface area contributed by atoms with Crippen LogP contribution >= 0.6 is 0 Å². The smallest absolute Gasteiger partial charge is 0.0654 e. The summed E-state index contributed by atoms with van der Waals surface area (Å²) in [5.74, 6) is -2.07. The summed E-state index contributed by atoms with van der Waals surface area (Å²) in [7, 11) is 0. The topological polar surface area (TPSA) is 93.1 Å². The van der Waals surface area contributed by atoms with Gasteiger partial charge >= 0.3 is 176 Å². The second-order valence-electron chi connectivity index (χ2n) is 12.5. The molecule has 0 saturated carbocycles. The maximum atomic E-state index is 12.1. The van der Waals surface area contributed by atoms with Gasteiger partial charge in [-0.25, -0.2) is 0 Å². The Kier molecular flexibility index (Phi) is 32.1. The molecule has 0 spiro atoms. The Labute approximate surface area is 273 Å². The molecule has 0 rings (SSSR count). The molecule has 0 aliphatic rings. The van der Waals surface area contributed by atoms with E-state index in [9.17, 15) is 19.8 Å². The van der Waals surface area contributed by atoms with Crippen molar-refractivity contribution < 1.29 is 45.2 Å². The summed E-state index contributed by atoms with van der Waals surface area (Å²) in [4.78, 5) is 33.0. The van der Waals surface area contributed by atoms with Gasteiger partial charge in [0.05, 0.1) is 0 Å². The van der Waals surface area contributed by atoms with Crippen LogP contribution in [0.1, 0.15) is 200 Å². The van der Waals surface area contributed by atoms with Crippen molar-refractivity contribution in [1.82, 2.24) is 0 Å². The van der Waals surface area contributed by atoms with Gasteiger partial charge in [-0.15, -0.1) is 0 Å². The molecule has 0 amide bonds. The first-order valence-electron chi connectivity index (χ1n) is 18.2. The number of carbonyl (C=O) groups is 2. The summed E-state index contributed by atoms with van der Waals surface area (Å²) in [5.41, 5.74) is 0. The molecule has 0 saturated heterocycles. The molecule has 0 aromatic heterocycles. The van der Waals surface area contributed by atoms with Crippen molar-refractivity contribution in [2.75, 3.05) is 0 Å². The van der Waals surface area contributed by atoms with E-state index < -0.39 is 24.1 Å². The normalized spacial score (nSPS) is 12.7. The summed E-state index contributed by atoms with van der Waals surface area (Å²) < 4.78 is 0.354. The van der Waals surface area contributed by atoms with Gasteiger partial charge in [0, 0.05) is 0 Å². The van der Waals surface area contributed by atoms with Crippen molar-refractivity contribution >= 4 is 16.4 Å². The van der Waals surface area contributed by atoms with Crippen LogP contribution in [0, 0.1) is 0 Å². The van der Waals surface area contributed by atoms with Gasteiger partial charge in [0.25, 0.3) is 0 Å². The van der Waals surface area contributed by atoms with Gasteiger partial charge in [0.1, 0.15) is 0 Å². The predicted octanol–water partition coefficient (Wildman–Crippen LogP) is 9.78. The fourth-order valence-corrected chi connectivity index (χ4v) is 5.73. The zero-order valence-electron chi connectivity index (χ0n) is 28.0. The molecule has 0 radical (unpaired) electrons. The Morgan fingerprint density at radius 3 is 1.16 bits per heavy atom. The Morgan fingerprint density at radius 2 is 0.791 bits per heavy atom. The summed E-state index contributed by atoms with van der Waals surface area (Å²) in [6.45, 7) is 4.50. The van der Waals surface area contributed by atoms with E-state index in [1.54, 1.807) is 0 Å². The Hall–Kier alpha value is -0.751. The molecule has 0 fully saturated rings. The Bertz CT molecular complexity index is 656. The van der Waals surface area contributed by atoms with E-state index in [1.807, 2.05) is 0 Å². The van der Waals surface area contributed by atoms with E-state index in [0.29, 0.717) is 17.3 Å². The quantitative estimate of drug-likeness (QED) is 0.0325. The molecule has 0 aliphatic heterocycles. The molecular weight excluding hydrogens is 584 g/mol. The standard InChI is InChI=1S/C36H68O6.Fe/c1-3-5-7-9-11-13-15-17-19-21-23-25-27-29-31-33(37)35(39)41-42-36(40)34(38)32-30-28-26-24-22-20-18-16-14-12-10-8-6-4-2;/h33-34,37-38H,3-31H2,1-2H3;/q;+1. The van der Waals surface area contributed by atoms with Crippen molar-refractivity contribution in [3.05, 3.63) is 0 Å². The molecule has 43 heavy (non-hydrogen) atoms. The zero-order valence-corrected chi connectivity index (χ0v) is 29.1. The van der Waals surface area contributed by atoms with E-state index in [4.69, 9.17) is 0 Å². The van der Waals surface area contributed by atoms with E-state index in [-0.39, 0.29) is 6.42 Å². The van der Waals surface area contributed by atoms with Gasteiger partial charge in [0.15, 0.2) is 0 Å². The SMILES string of the molecule is CCCCCCCCCCCCCCCCC(O)C(=O)OOC(=O)C(O)[C](=[Fe+])CCCCCCCCCCCCCCC. The molecular formula is C36H68FeO6+. The molecule has 2 N–H and O–H groups in total. The number of hydrogen-bond acceptors (Lipinski definition) is 6. The first-order chi connectivity index (χ1) is 20.9. The number of rotatable bonds is 32. The van der Waals surface area contributed by atoms with Gasteiger partial charge in [-0.2, -0.15) is 0 Å². The second kappa shape index (κ2) is 32.6. The van der Waals surface area contributed by atoms with Crippen LogP contribution in [0.25, 0.3) is 0 Å². The Morgan fingerprint density at radius 1 is 0.488 bits per heavy atom. The average Bonchev–Trinajstić information content (AvgIpc) is 3.01. The van der Waals surface area contributed by atoms with Crippen molar-refractivity contribution in [3.63, 3.8) is 0 Å². The van der Waals surface area contributed by atoms with Crippen LogP contribution in [-0.2, 0) is 34.9 Å². The summed E-state index contributed by atoms with van der Waals surface area (Å²) in [6, 6.07) is 0. The molecule has 2 atom stereocenters. The molecule has 0 aromatic carbocycles. The van der Waals surface area contributed by atoms with Crippen LogP contribution in [0.2, 0.25) is 0 Å². The second-order valence-corrected chi connectivity index (χ2v) is 13.2. The van der Waals surface area contributed by atoms with Crippen molar-refractivity contribution in [1.29, 1.82) is 0 Å². The fourth-order valence-electron chi connectivity index (χ4n) is 5.40. The van der Waals surface area contributed by atoms with Crippen LogP contribution < -0.4 is 0 Å². The van der Waals surface area contributed by atoms with Crippen LogP contribution in [0.15, 0.2) is 0 Å². The molecule has 0 aliphatic carbocycles. The van der Waals surface area contributed by atoms with E-state index >= 15 is 0 Å². The summed E-state index contributed by atoms with van der Waals surface area (Å²) >= 11 is 3.79. The average molecular weight is 653 g/mol. The fraction of sp³-hybridized carbons (Fsp3) is 0.917. The molecule has 0 aromatic rings. The molecule has 0 heterocycles. The van der Waals surface area contributed by atoms with Crippen LogP contribution in [0.3, 0.4) is 0 Å². The van der Waals surface area contributed by atoms with Gasteiger partial charge in [-0.3, -0.25) is 0 Å². The molecule has 0 bridgehead atoms. The number of carbonyl (C=O) groups excluding carboxylic acids is 2. The number of unbranched alkanes of at least 4 members (excludes halogenated alkanes) is 25. The van der Waals surface area contributed by atoms with Crippen molar-refractivity contribution in [2.24, 2.45) is 0 Å². The third kappa shape index (κ3) is 28.5. The van der Waals surface area contributed by atoms with E-state index in [2.05, 4.69) is 39.2 Å². The minimum atomic E-state index is -1.53. The molecule has 6 nitrogen and oxygen atoms in total. The monoisotopic (exact) mass is 652 g/mol. The minimum Gasteiger partial charge on any atom is -0.0654 e. The van der Waals surface area contributed by atoms with Crippen molar-refractivity contribution in [3.8, 4) is 0 Å². The van der Waals surface area contributed by atoms with Gasteiger partial charge < -0.3 is 0 Å². The van der Waals surface area contributed by atoms with E-state index in [0.717, 1.165) is 32.1 Å². The van der Waals surface area contributed by atoms with Crippen LogP contribution in [0.5, 0.6) is 0 Å². The first kappa shape index (κ1) is 42.2. The number of aliphatic hydroxyl groups is 2. The first-order valence-corrected chi connectivity index (χ1v) is 18.8. The molecule has 255 valence electrons. The summed E-state index contributed by atoms with van der Waals surface area (Å²) in [5, 5.41) is 20.2. The third-order valence-corrected chi connectivity index (χ3v) is 8.91. The van der Waals surface area contributed by atoms with Crippen LogP contribution in [0.4, 0.5) is 0 Å². The predicted molar refractivity (Wildman–Crippen MR) is 174 cm³/mol. The third-order valence-electron chi connectivity index (χ3n) is 8.34. The zero-order chi connectivity index (χ0) is 31.8. The number of hydrogen-bond donors (Lipinski definition) is 2. The van der Waals surface area contributed by atoms with Gasteiger partial charge in [-0.05, 0) is 0 Å². The molecule has 2 unspecified atom stereocenters.